The van der Waals surface area contributed by atoms with Crippen molar-refractivity contribution in [3.63, 3.8) is 0 Å². The number of hydrogen-bond acceptors (Lipinski definition) is 1. The Hall–Kier alpha value is -2.49. The van der Waals surface area contributed by atoms with Gasteiger partial charge in [-0.2, -0.15) is 0 Å². The van der Waals surface area contributed by atoms with Crippen molar-refractivity contribution in [3.05, 3.63) is 65.2 Å². The molecule has 1 aliphatic heterocycles. The van der Waals surface area contributed by atoms with Gasteiger partial charge in [0.2, 0.25) is 0 Å². The molecule has 19 heavy (non-hydrogen) atoms. The van der Waals surface area contributed by atoms with Gasteiger partial charge >= 0.3 is 0 Å². The fraction of sp³-hybridized carbons (Fsp3) is 0. The van der Waals surface area contributed by atoms with Crippen LogP contribution < -0.4 is 5.32 Å². The normalized spacial score (nSPS) is 15.5. The molecule has 1 N–H and O–H groups in total. The molecule has 0 saturated heterocycles. The first-order chi connectivity index (χ1) is 9.16. The van der Waals surface area contributed by atoms with Crippen molar-refractivity contribution in [1.82, 2.24) is 0 Å². The maximum absolute atomic E-state index is 13.8. The largest absolute Gasteiger partial charge is 0.321 e. The molecule has 3 rings (SSSR count). The number of carbonyl (C=O) groups excluding carboxylic acids is 1. The highest BCUT2D eigenvalue weighted by Gasteiger charge is 2.29. The molecule has 4 heteroatoms. The molecule has 0 spiro atoms. The summed E-state index contributed by atoms with van der Waals surface area (Å²) in [5, 5.41) is 2.52. The molecule has 1 heterocycles. The quantitative estimate of drug-likeness (QED) is 0.779. The fourth-order valence-corrected chi connectivity index (χ4v) is 2.07. The van der Waals surface area contributed by atoms with E-state index >= 15 is 0 Å². The third-order valence-corrected chi connectivity index (χ3v) is 2.97. The predicted octanol–water partition coefficient (Wildman–Crippen LogP) is 3.46. The molecule has 1 aliphatic rings. The van der Waals surface area contributed by atoms with E-state index in [9.17, 15) is 13.6 Å². The lowest BCUT2D eigenvalue weighted by Gasteiger charge is -2.01. The van der Waals surface area contributed by atoms with Gasteiger partial charge < -0.3 is 5.32 Å². The second-order valence-electron chi connectivity index (χ2n) is 4.21. The molecule has 0 fully saturated rings. The summed E-state index contributed by atoms with van der Waals surface area (Å²) in [5.74, 6) is -2.39. The van der Waals surface area contributed by atoms with Gasteiger partial charge in [0.15, 0.2) is 11.6 Å². The van der Waals surface area contributed by atoms with E-state index in [-0.39, 0.29) is 11.1 Å². The van der Waals surface area contributed by atoms with Crippen molar-refractivity contribution in [1.29, 1.82) is 0 Å². The van der Waals surface area contributed by atoms with Gasteiger partial charge in [0.25, 0.3) is 5.91 Å². The lowest BCUT2D eigenvalue weighted by molar-refractivity contribution is -0.110. The van der Waals surface area contributed by atoms with Crippen molar-refractivity contribution in [2.24, 2.45) is 0 Å². The zero-order valence-corrected chi connectivity index (χ0v) is 9.78. The van der Waals surface area contributed by atoms with Gasteiger partial charge in [0.1, 0.15) is 0 Å². The van der Waals surface area contributed by atoms with Crippen molar-refractivity contribution in [2.75, 3.05) is 5.32 Å². The van der Waals surface area contributed by atoms with Crippen molar-refractivity contribution in [3.8, 4) is 0 Å². The summed E-state index contributed by atoms with van der Waals surface area (Å²) >= 11 is 0. The van der Waals surface area contributed by atoms with Gasteiger partial charge in [-0.3, -0.25) is 4.79 Å². The molecule has 0 radical (unpaired) electrons. The van der Waals surface area contributed by atoms with E-state index in [0.29, 0.717) is 5.69 Å². The molecule has 0 aliphatic carbocycles. The SMILES string of the molecule is O=C1Nc2ccc(F)c(F)c2C1=Cc1ccccc1. The van der Waals surface area contributed by atoms with Crippen LogP contribution in [-0.2, 0) is 4.79 Å². The lowest BCUT2D eigenvalue weighted by atomic mass is 10.0. The summed E-state index contributed by atoms with van der Waals surface area (Å²) in [6, 6.07) is 11.4. The highest BCUT2D eigenvalue weighted by Crippen LogP contribution is 2.35. The number of rotatable bonds is 1. The molecule has 0 atom stereocenters. The number of halogens is 2. The third kappa shape index (κ3) is 1.91. The topological polar surface area (TPSA) is 29.1 Å². The van der Waals surface area contributed by atoms with Gasteiger partial charge in [-0.25, -0.2) is 8.78 Å². The molecular formula is C15H9F2NO. The highest BCUT2D eigenvalue weighted by molar-refractivity contribution is 6.35. The first-order valence-corrected chi connectivity index (χ1v) is 5.73. The summed E-state index contributed by atoms with van der Waals surface area (Å²) in [6.45, 7) is 0. The van der Waals surface area contributed by atoms with Crippen LogP contribution in [-0.4, -0.2) is 5.91 Å². The van der Waals surface area contributed by atoms with Crippen LogP contribution in [0.3, 0.4) is 0 Å². The van der Waals surface area contributed by atoms with Crippen LogP contribution in [0.25, 0.3) is 11.6 Å². The van der Waals surface area contributed by atoms with Gasteiger partial charge in [-0.05, 0) is 23.8 Å². The molecular weight excluding hydrogens is 248 g/mol. The summed E-state index contributed by atoms with van der Waals surface area (Å²) in [4.78, 5) is 11.8. The van der Waals surface area contributed by atoms with Crippen LogP contribution >= 0.6 is 0 Å². The molecule has 94 valence electrons. The number of amides is 1. The van der Waals surface area contributed by atoms with E-state index in [2.05, 4.69) is 5.32 Å². The van der Waals surface area contributed by atoms with E-state index in [4.69, 9.17) is 0 Å². The number of benzene rings is 2. The van der Waals surface area contributed by atoms with Gasteiger partial charge in [0, 0.05) is 5.56 Å². The van der Waals surface area contributed by atoms with Crippen LogP contribution in [0.2, 0.25) is 0 Å². The van der Waals surface area contributed by atoms with Crippen molar-refractivity contribution >= 4 is 23.2 Å². The first kappa shape index (κ1) is 11.6. The van der Waals surface area contributed by atoms with Crippen molar-refractivity contribution < 1.29 is 13.6 Å². The van der Waals surface area contributed by atoms with Gasteiger partial charge in [-0.15, -0.1) is 0 Å². The molecule has 1 amide bonds. The second-order valence-corrected chi connectivity index (χ2v) is 4.21. The van der Waals surface area contributed by atoms with Crippen LogP contribution in [0, 0.1) is 11.6 Å². The van der Waals surface area contributed by atoms with E-state index in [0.717, 1.165) is 11.6 Å². The smallest absolute Gasteiger partial charge is 0.256 e. The molecule has 2 nitrogen and oxygen atoms in total. The summed E-state index contributed by atoms with van der Waals surface area (Å²) in [7, 11) is 0. The van der Waals surface area contributed by atoms with E-state index in [1.165, 1.54) is 6.07 Å². The number of hydrogen-bond donors (Lipinski definition) is 1. The molecule has 0 aromatic heterocycles. The van der Waals surface area contributed by atoms with E-state index in [1.54, 1.807) is 18.2 Å². The minimum Gasteiger partial charge on any atom is -0.321 e. The minimum absolute atomic E-state index is 0.00569. The van der Waals surface area contributed by atoms with Crippen LogP contribution in [0.1, 0.15) is 11.1 Å². The number of nitrogens with one attached hydrogen (secondary N) is 1. The monoisotopic (exact) mass is 257 g/mol. The Morgan fingerprint density at radius 1 is 1.00 bits per heavy atom. The predicted molar refractivity (Wildman–Crippen MR) is 69.3 cm³/mol. The lowest BCUT2D eigenvalue weighted by Crippen LogP contribution is -2.03. The summed E-state index contributed by atoms with van der Waals surface area (Å²) < 4.78 is 27.1. The van der Waals surface area contributed by atoms with Crippen molar-refractivity contribution in [2.45, 2.75) is 0 Å². The van der Waals surface area contributed by atoms with Crippen LogP contribution in [0.15, 0.2) is 42.5 Å². The highest BCUT2D eigenvalue weighted by atomic mass is 19.2. The molecule has 2 aromatic carbocycles. The Morgan fingerprint density at radius 2 is 1.74 bits per heavy atom. The van der Waals surface area contributed by atoms with Gasteiger partial charge in [-0.1, -0.05) is 30.3 Å². The Morgan fingerprint density at radius 3 is 2.47 bits per heavy atom. The maximum Gasteiger partial charge on any atom is 0.256 e. The van der Waals surface area contributed by atoms with Crippen LogP contribution in [0.4, 0.5) is 14.5 Å². The number of anilines is 1. The Balaban J connectivity index is 2.18. The first-order valence-electron chi connectivity index (χ1n) is 5.73. The molecule has 0 saturated carbocycles. The average Bonchev–Trinajstić information content (AvgIpc) is 2.73. The number of carbonyl (C=O) groups is 1. The maximum atomic E-state index is 13.8. The number of fused-ring (bicyclic) bond motifs is 1. The Kier molecular flexibility index (Phi) is 2.63. The average molecular weight is 257 g/mol. The van der Waals surface area contributed by atoms with Crippen LogP contribution in [0.5, 0.6) is 0 Å². The summed E-state index contributed by atoms with van der Waals surface area (Å²) in [6.07, 6.45) is 1.55. The molecule has 0 unspecified atom stereocenters. The molecule has 2 aromatic rings. The van der Waals surface area contributed by atoms with E-state index < -0.39 is 17.5 Å². The standard InChI is InChI=1S/C15H9F2NO/c16-11-6-7-12-13(14(11)17)10(15(19)18-12)8-9-4-2-1-3-5-9/h1-8H,(H,18,19). The summed E-state index contributed by atoms with van der Waals surface area (Å²) in [5.41, 5.74) is 1.18. The minimum atomic E-state index is -1.00. The van der Waals surface area contributed by atoms with E-state index in [1.807, 2.05) is 18.2 Å². The third-order valence-electron chi connectivity index (χ3n) is 2.97. The zero-order valence-electron chi connectivity index (χ0n) is 9.78. The Labute approximate surface area is 108 Å². The van der Waals surface area contributed by atoms with Gasteiger partial charge in [0.05, 0.1) is 11.3 Å². The second kappa shape index (κ2) is 4.31. The molecule has 0 bridgehead atoms. The fourth-order valence-electron chi connectivity index (χ4n) is 2.07. The zero-order chi connectivity index (χ0) is 13.4. The Bertz CT molecular complexity index is 693.